The molecule has 0 saturated heterocycles. The number of fused-ring (bicyclic) bond motifs is 1. The summed E-state index contributed by atoms with van der Waals surface area (Å²) in [5, 5.41) is 0. The van der Waals surface area contributed by atoms with Crippen molar-refractivity contribution in [2.45, 2.75) is 26.7 Å². The van der Waals surface area contributed by atoms with Crippen molar-refractivity contribution in [3.05, 3.63) is 34.2 Å². The largest absolute Gasteiger partial charge is 0.302 e. The zero-order chi connectivity index (χ0) is 10.3. The van der Waals surface area contributed by atoms with Crippen LogP contribution in [0.2, 0.25) is 0 Å². The van der Waals surface area contributed by atoms with Crippen LogP contribution in [0.25, 0.3) is 5.65 Å². The first-order valence-corrected chi connectivity index (χ1v) is 5.52. The minimum absolute atomic E-state index is 0.499. The van der Waals surface area contributed by atoms with Gasteiger partial charge in [-0.1, -0.05) is 13.8 Å². The third kappa shape index (κ3) is 1.46. The smallest absolute Gasteiger partial charge is 0.139 e. The summed E-state index contributed by atoms with van der Waals surface area (Å²) in [5.41, 5.74) is 3.51. The van der Waals surface area contributed by atoms with Gasteiger partial charge in [0.25, 0.3) is 0 Å². The SMILES string of the molecule is Cc1cc(Br)cn2c(C(C)C)cnc12. The molecule has 2 aromatic heterocycles. The molecule has 14 heavy (non-hydrogen) atoms. The molecule has 74 valence electrons. The quantitative estimate of drug-likeness (QED) is 0.759. The number of hydrogen-bond donors (Lipinski definition) is 0. The van der Waals surface area contributed by atoms with E-state index in [1.807, 2.05) is 6.20 Å². The monoisotopic (exact) mass is 252 g/mol. The van der Waals surface area contributed by atoms with Crippen molar-refractivity contribution in [2.75, 3.05) is 0 Å². The summed E-state index contributed by atoms with van der Waals surface area (Å²) in [5.74, 6) is 0.499. The molecule has 0 amide bonds. The Morgan fingerprint density at radius 1 is 1.43 bits per heavy atom. The lowest BCUT2D eigenvalue weighted by Gasteiger charge is -2.06. The zero-order valence-electron chi connectivity index (χ0n) is 8.58. The lowest BCUT2D eigenvalue weighted by Crippen LogP contribution is -1.95. The number of nitrogens with zero attached hydrogens (tertiary/aromatic N) is 2. The average Bonchev–Trinajstić information content (AvgIpc) is 2.47. The first kappa shape index (κ1) is 9.71. The van der Waals surface area contributed by atoms with Gasteiger partial charge in [-0.2, -0.15) is 0 Å². The molecule has 0 aliphatic carbocycles. The average molecular weight is 253 g/mol. The van der Waals surface area contributed by atoms with Gasteiger partial charge >= 0.3 is 0 Å². The van der Waals surface area contributed by atoms with Gasteiger partial charge in [0.15, 0.2) is 0 Å². The Kier molecular flexibility index (Phi) is 2.35. The van der Waals surface area contributed by atoms with E-state index in [1.54, 1.807) is 0 Å². The molecule has 0 unspecified atom stereocenters. The number of aromatic nitrogens is 2. The van der Waals surface area contributed by atoms with E-state index in [0.29, 0.717) is 5.92 Å². The van der Waals surface area contributed by atoms with E-state index in [1.165, 1.54) is 11.3 Å². The van der Waals surface area contributed by atoms with Gasteiger partial charge in [-0.25, -0.2) is 4.98 Å². The van der Waals surface area contributed by atoms with E-state index >= 15 is 0 Å². The molecule has 0 atom stereocenters. The van der Waals surface area contributed by atoms with Crippen LogP contribution < -0.4 is 0 Å². The van der Waals surface area contributed by atoms with E-state index in [-0.39, 0.29) is 0 Å². The topological polar surface area (TPSA) is 17.3 Å². The first-order valence-electron chi connectivity index (χ1n) is 4.72. The highest BCUT2D eigenvalue weighted by atomic mass is 79.9. The number of aryl methyl sites for hydroxylation is 1. The molecule has 2 heterocycles. The predicted molar refractivity (Wildman–Crippen MR) is 61.7 cm³/mol. The zero-order valence-corrected chi connectivity index (χ0v) is 10.2. The minimum atomic E-state index is 0.499. The van der Waals surface area contributed by atoms with Crippen LogP contribution in [0.1, 0.15) is 31.0 Å². The Morgan fingerprint density at radius 2 is 2.14 bits per heavy atom. The molecule has 0 bridgehead atoms. The maximum Gasteiger partial charge on any atom is 0.139 e. The maximum absolute atomic E-state index is 4.42. The fraction of sp³-hybridized carbons (Fsp3) is 0.364. The molecular weight excluding hydrogens is 240 g/mol. The van der Waals surface area contributed by atoms with Crippen molar-refractivity contribution >= 4 is 21.6 Å². The van der Waals surface area contributed by atoms with Crippen LogP contribution >= 0.6 is 15.9 Å². The second-order valence-electron chi connectivity index (χ2n) is 3.87. The standard InChI is InChI=1S/C11H13BrN2/c1-7(2)10-5-13-11-8(3)4-9(12)6-14(10)11/h4-7H,1-3H3. The van der Waals surface area contributed by atoms with Crippen LogP contribution in [0.15, 0.2) is 22.9 Å². The number of pyridine rings is 1. The number of halogens is 1. The Labute approximate surface area is 92.1 Å². The lowest BCUT2D eigenvalue weighted by molar-refractivity contribution is 0.807. The van der Waals surface area contributed by atoms with Crippen molar-refractivity contribution in [3.63, 3.8) is 0 Å². The highest BCUT2D eigenvalue weighted by Gasteiger charge is 2.08. The molecule has 0 aromatic carbocycles. The van der Waals surface area contributed by atoms with Crippen LogP contribution in [0.4, 0.5) is 0 Å². The molecule has 0 radical (unpaired) electrons. The Balaban J connectivity index is 2.78. The molecule has 0 aliphatic heterocycles. The van der Waals surface area contributed by atoms with Crippen molar-refractivity contribution in [1.82, 2.24) is 9.38 Å². The van der Waals surface area contributed by atoms with E-state index in [2.05, 4.69) is 58.3 Å². The summed E-state index contributed by atoms with van der Waals surface area (Å²) in [6.45, 7) is 6.44. The first-order chi connectivity index (χ1) is 6.59. The van der Waals surface area contributed by atoms with Gasteiger partial charge in [0.05, 0.1) is 0 Å². The van der Waals surface area contributed by atoms with Crippen LogP contribution in [0.3, 0.4) is 0 Å². The van der Waals surface area contributed by atoms with E-state index in [0.717, 1.165) is 10.1 Å². The summed E-state index contributed by atoms with van der Waals surface area (Å²) >= 11 is 3.50. The second-order valence-corrected chi connectivity index (χ2v) is 4.79. The summed E-state index contributed by atoms with van der Waals surface area (Å²) < 4.78 is 3.26. The van der Waals surface area contributed by atoms with Crippen LogP contribution in [0, 0.1) is 6.92 Å². The Morgan fingerprint density at radius 3 is 2.79 bits per heavy atom. The molecule has 2 rings (SSSR count). The predicted octanol–water partition coefficient (Wildman–Crippen LogP) is 3.53. The molecule has 0 N–H and O–H groups in total. The summed E-state index contributed by atoms with van der Waals surface area (Å²) in [4.78, 5) is 4.42. The molecule has 0 spiro atoms. The fourth-order valence-corrected chi connectivity index (χ4v) is 2.21. The van der Waals surface area contributed by atoms with Gasteiger partial charge in [-0.3, -0.25) is 0 Å². The summed E-state index contributed by atoms with van der Waals surface area (Å²) in [6, 6.07) is 2.09. The van der Waals surface area contributed by atoms with Gasteiger partial charge in [0, 0.05) is 22.6 Å². The van der Waals surface area contributed by atoms with Crippen molar-refractivity contribution in [3.8, 4) is 0 Å². The third-order valence-electron chi connectivity index (χ3n) is 2.38. The van der Waals surface area contributed by atoms with Crippen LogP contribution in [0.5, 0.6) is 0 Å². The Hall–Kier alpha value is -0.830. The van der Waals surface area contributed by atoms with Gasteiger partial charge in [-0.15, -0.1) is 0 Å². The highest BCUT2D eigenvalue weighted by molar-refractivity contribution is 9.10. The third-order valence-corrected chi connectivity index (χ3v) is 2.81. The summed E-state index contributed by atoms with van der Waals surface area (Å²) in [6.07, 6.45) is 4.03. The van der Waals surface area contributed by atoms with Crippen LogP contribution in [-0.4, -0.2) is 9.38 Å². The summed E-state index contributed by atoms with van der Waals surface area (Å²) in [7, 11) is 0. The van der Waals surface area contributed by atoms with Crippen molar-refractivity contribution < 1.29 is 0 Å². The van der Waals surface area contributed by atoms with Gasteiger partial charge in [0.1, 0.15) is 5.65 Å². The van der Waals surface area contributed by atoms with Crippen molar-refractivity contribution in [2.24, 2.45) is 0 Å². The molecular formula is C11H13BrN2. The molecule has 2 aromatic rings. The molecule has 0 aliphatic rings. The molecule has 2 nitrogen and oxygen atoms in total. The van der Waals surface area contributed by atoms with Gasteiger partial charge in [0.2, 0.25) is 0 Å². The van der Waals surface area contributed by atoms with Gasteiger partial charge < -0.3 is 4.40 Å². The molecule has 0 fully saturated rings. The van der Waals surface area contributed by atoms with Crippen molar-refractivity contribution in [1.29, 1.82) is 0 Å². The van der Waals surface area contributed by atoms with E-state index in [4.69, 9.17) is 0 Å². The van der Waals surface area contributed by atoms with E-state index < -0.39 is 0 Å². The second kappa shape index (κ2) is 3.39. The number of rotatable bonds is 1. The van der Waals surface area contributed by atoms with E-state index in [9.17, 15) is 0 Å². The fourth-order valence-electron chi connectivity index (χ4n) is 1.66. The molecule has 0 saturated carbocycles. The van der Waals surface area contributed by atoms with Gasteiger partial charge in [-0.05, 0) is 40.4 Å². The number of hydrogen-bond acceptors (Lipinski definition) is 1. The van der Waals surface area contributed by atoms with Crippen LogP contribution in [-0.2, 0) is 0 Å². The normalized spacial score (nSPS) is 11.5. The molecule has 3 heteroatoms. The lowest BCUT2D eigenvalue weighted by atomic mass is 10.1. The maximum atomic E-state index is 4.42. The minimum Gasteiger partial charge on any atom is -0.302 e. The highest BCUT2D eigenvalue weighted by Crippen LogP contribution is 2.21. The Bertz CT molecular complexity index is 471. The number of imidazole rings is 1.